The maximum Gasteiger partial charge on any atom is 0.408 e. The number of esters is 1. The molecule has 7 atom stereocenters. The van der Waals surface area contributed by atoms with Gasteiger partial charge in [0.15, 0.2) is 0 Å². The summed E-state index contributed by atoms with van der Waals surface area (Å²) in [5, 5.41) is 7.10. The molecule has 1 heterocycles. The summed E-state index contributed by atoms with van der Waals surface area (Å²) in [5.41, 5.74) is -3.39. The molecule has 16 nitrogen and oxygen atoms in total. The second kappa shape index (κ2) is 15.2. The maximum atomic E-state index is 14.3. The number of carbonyl (C=O) groups is 6. The standard InChI is InChI=1S/C33H53N5O11S/c1-11-18(3)23(27(41)47-10)34-29(43)48-20-15-22(38(17-20)26(40)24(31(4,5)6)35-30(44)49-32(7,8)9)25(39)36-33(16-19(33)12-2)28(42)37-50(45,46)21-13-14-21/h12,18-24H,2,11,13-17H2,1,3-10H3,(H,34,43)(H,35,44)(H,36,39)(H,37,42)/t18-,19?,20+,22-,23-,24+,33+/m0/s1. The molecule has 0 aromatic carbocycles. The highest BCUT2D eigenvalue weighted by Crippen LogP contribution is 2.45. The van der Waals surface area contributed by atoms with Crippen LogP contribution in [0.2, 0.25) is 0 Å². The van der Waals surface area contributed by atoms with Crippen molar-refractivity contribution in [2.75, 3.05) is 13.7 Å². The van der Waals surface area contributed by atoms with E-state index < -0.39 is 97.9 Å². The van der Waals surface area contributed by atoms with Crippen molar-refractivity contribution in [3.63, 3.8) is 0 Å². The van der Waals surface area contributed by atoms with Crippen molar-refractivity contribution in [3.05, 3.63) is 12.7 Å². The van der Waals surface area contributed by atoms with Gasteiger partial charge in [-0.05, 0) is 51.4 Å². The Morgan fingerprint density at radius 1 is 1.02 bits per heavy atom. The zero-order valence-electron chi connectivity index (χ0n) is 30.4. The average molecular weight is 728 g/mol. The molecule has 5 amide bonds. The van der Waals surface area contributed by atoms with Gasteiger partial charge in [-0.25, -0.2) is 22.8 Å². The summed E-state index contributed by atoms with van der Waals surface area (Å²) < 4.78 is 43.1. The molecule has 2 saturated carbocycles. The number of likely N-dealkylation sites (tertiary alicyclic amines) is 1. The molecular weight excluding hydrogens is 674 g/mol. The van der Waals surface area contributed by atoms with Crippen LogP contribution in [0.4, 0.5) is 9.59 Å². The fourth-order valence-corrected chi connectivity index (χ4v) is 7.11. The summed E-state index contributed by atoms with van der Waals surface area (Å²) in [4.78, 5) is 81.0. The van der Waals surface area contributed by atoms with Gasteiger partial charge in [0.05, 0.1) is 18.9 Å². The molecule has 50 heavy (non-hydrogen) atoms. The van der Waals surface area contributed by atoms with Crippen LogP contribution in [0.3, 0.4) is 0 Å². The molecular formula is C33H53N5O11S. The lowest BCUT2D eigenvalue weighted by Gasteiger charge is -2.36. The van der Waals surface area contributed by atoms with E-state index >= 15 is 0 Å². The highest BCUT2D eigenvalue weighted by atomic mass is 32.2. The molecule has 17 heteroatoms. The highest BCUT2D eigenvalue weighted by Gasteiger charge is 2.62. The molecule has 2 aliphatic carbocycles. The number of hydrogen-bond acceptors (Lipinski definition) is 11. The van der Waals surface area contributed by atoms with Gasteiger partial charge in [-0.1, -0.05) is 47.1 Å². The number of ether oxygens (including phenoxy) is 3. The molecule has 282 valence electrons. The number of alkyl carbamates (subject to hydrolysis) is 2. The van der Waals surface area contributed by atoms with Gasteiger partial charge in [-0.3, -0.25) is 19.1 Å². The monoisotopic (exact) mass is 727 g/mol. The van der Waals surface area contributed by atoms with Crippen LogP contribution in [0.5, 0.6) is 0 Å². The van der Waals surface area contributed by atoms with Crippen LogP contribution < -0.4 is 20.7 Å². The lowest BCUT2D eigenvalue weighted by Crippen LogP contribution is -2.60. The number of nitrogens with one attached hydrogen (secondary N) is 4. The van der Waals surface area contributed by atoms with E-state index in [9.17, 15) is 37.2 Å². The molecule has 4 N–H and O–H groups in total. The van der Waals surface area contributed by atoms with Gasteiger partial charge in [0.1, 0.15) is 35.4 Å². The number of hydrogen-bond donors (Lipinski definition) is 4. The highest BCUT2D eigenvalue weighted by molar-refractivity contribution is 7.91. The van der Waals surface area contributed by atoms with E-state index in [1.54, 1.807) is 48.5 Å². The van der Waals surface area contributed by atoms with E-state index in [1.165, 1.54) is 13.2 Å². The Morgan fingerprint density at radius 3 is 2.12 bits per heavy atom. The van der Waals surface area contributed by atoms with Gasteiger partial charge in [0.2, 0.25) is 21.8 Å². The van der Waals surface area contributed by atoms with Crippen LogP contribution in [0.1, 0.15) is 87.5 Å². The molecule has 3 fully saturated rings. The predicted molar refractivity (Wildman–Crippen MR) is 181 cm³/mol. The third kappa shape index (κ3) is 9.88. The smallest absolute Gasteiger partial charge is 0.408 e. The van der Waals surface area contributed by atoms with Crippen LogP contribution in [0.25, 0.3) is 0 Å². The number of nitrogens with zero attached hydrogens (tertiary/aromatic N) is 1. The minimum Gasteiger partial charge on any atom is -0.467 e. The van der Waals surface area contributed by atoms with E-state index in [-0.39, 0.29) is 25.3 Å². The quantitative estimate of drug-likeness (QED) is 0.122. The summed E-state index contributed by atoms with van der Waals surface area (Å²) in [6, 6.07) is -3.54. The number of sulfonamides is 1. The average Bonchev–Trinajstić information content (AvgIpc) is 3.93. The van der Waals surface area contributed by atoms with Crippen molar-refractivity contribution < 1.29 is 51.4 Å². The van der Waals surface area contributed by atoms with Crippen molar-refractivity contribution in [2.45, 2.75) is 128 Å². The summed E-state index contributed by atoms with van der Waals surface area (Å²) in [7, 11) is -2.75. The second-order valence-corrected chi connectivity index (χ2v) is 17.4. The summed E-state index contributed by atoms with van der Waals surface area (Å²) in [5.74, 6) is -3.96. The van der Waals surface area contributed by atoms with Gasteiger partial charge in [0.25, 0.3) is 5.91 Å². The van der Waals surface area contributed by atoms with Crippen molar-refractivity contribution in [2.24, 2.45) is 17.3 Å². The Labute approximate surface area is 294 Å². The van der Waals surface area contributed by atoms with E-state index in [0.717, 1.165) is 4.90 Å². The third-order valence-corrected chi connectivity index (χ3v) is 10.9. The summed E-state index contributed by atoms with van der Waals surface area (Å²) in [6.07, 6.45) is -0.214. The van der Waals surface area contributed by atoms with Crippen LogP contribution in [-0.2, 0) is 43.4 Å². The van der Waals surface area contributed by atoms with Crippen LogP contribution in [-0.4, -0.2) is 103 Å². The number of carbonyl (C=O) groups excluding carboxylic acids is 6. The first-order chi connectivity index (χ1) is 23.0. The van der Waals surface area contributed by atoms with Gasteiger partial charge in [0, 0.05) is 12.3 Å². The number of amides is 5. The molecule has 0 aromatic rings. The van der Waals surface area contributed by atoms with E-state index in [1.807, 2.05) is 6.92 Å². The Morgan fingerprint density at radius 2 is 1.64 bits per heavy atom. The van der Waals surface area contributed by atoms with Gasteiger partial charge in [-0.2, -0.15) is 0 Å². The molecule has 1 saturated heterocycles. The Balaban J connectivity index is 1.91. The fraction of sp³-hybridized carbons (Fsp3) is 0.758. The molecule has 0 aromatic heterocycles. The van der Waals surface area contributed by atoms with Gasteiger partial charge in [-0.15, -0.1) is 6.58 Å². The minimum absolute atomic E-state index is 0.0760. The summed E-state index contributed by atoms with van der Waals surface area (Å²) in [6.45, 7) is 17.1. The molecule has 0 spiro atoms. The number of methoxy groups -OCH3 is 1. The lowest BCUT2D eigenvalue weighted by atomic mass is 9.85. The first-order valence-electron chi connectivity index (χ1n) is 16.8. The molecule has 1 unspecified atom stereocenters. The topological polar surface area (TPSA) is 216 Å². The third-order valence-electron chi connectivity index (χ3n) is 9.09. The second-order valence-electron chi connectivity index (χ2n) is 15.4. The first kappa shape index (κ1) is 40.5. The molecule has 3 rings (SSSR count). The predicted octanol–water partition coefficient (Wildman–Crippen LogP) is 1.88. The van der Waals surface area contributed by atoms with Crippen LogP contribution >= 0.6 is 0 Å². The van der Waals surface area contributed by atoms with E-state index in [0.29, 0.717) is 19.3 Å². The molecule has 3 aliphatic rings. The Bertz CT molecular complexity index is 1470. The number of rotatable bonds is 13. The van der Waals surface area contributed by atoms with Crippen molar-refractivity contribution in [1.29, 1.82) is 0 Å². The normalized spacial score (nSPS) is 25.2. The van der Waals surface area contributed by atoms with Crippen LogP contribution in [0.15, 0.2) is 12.7 Å². The van der Waals surface area contributed by atoms with Crippen molar-refractivity contribution in [3.8, 4) is 0 Å². The summed E-state index contributed by atoms with van der Waals surface area (Å²) >= 11 is 0. The van der Waals surface area contributed by atoms with E-state index in [2.05, 4.69) is 27.3 Å². The molecule has 0 bridgehead atoms. The van der Waals surface area contributed by atoms with Crippen molar-refractivity contribution in [1.82, 2.24) is 25.6 Å². The molecule has 1 aliphatic heterocycles. The maximum absolute atomic E-state index is 14.3. The Hall–Kier alpha value is -3.89. The fourth-order valence-electron chi connectivity index (χ4n) is 5.74. The zero-order valence-corrected chi connectivity index (χ0v) is 31.2. The minimum atomic E-state index is -3.94. The Kier molecular flexibility index (Phi) is 12.3. The molecule has 0 radical (unpaired) electrons. The lowest BCUT2D eigenvalue weighted by molar-refractivity contribution is -0.144. The van der Waals surface area contributed by atoms with Gasteiger partial charge >= 0.3 is 18.2 Å². The first-order valence-corrected chi connectivity index (χ1v) is 18.4. The van der Waals surface area contributed by atoms with E-state index in [4.69, 9.17) is 14.2 Å². The van der Waals surface area contributed by atoms with Crippen molar-refractivity contribution >= 4 is 45.9 Å². The SMILES string of the molecule is C=CC1C[C@]1(NC(=O)[C@@H]1C[C@@H](OC(=O)N[C@H](C(=O)OC)[C@@H](C)CC)CN1C(=O)[C@@H](NC(=O)OC(C)(C)C)C(C)(C)C)C(=O)NS(=O)(=O)C1CC1. The van der Waals surface area contributed by atoms with Crippen LogP contribution in [0, 0.1) is 17.3 Å². The largest absolute Gasteiger partial charge is 0.467 e. The zero-order chi connectivity index (χ0) is 38.0. The van der Waals surface area contributed by atoms with Gasteiger partial charge < -0.3 is 35.1 Å².